The van der Waals surface area contributed by atoms with Crippen molar-refractivity contribution in [3.05, 3.63) is 0 Å². The van der Waals surface area contributed by atoms with Gasteiger partial charge in [-0.15, -0.1) is 0 Å². The van der Waals surface area contributed by atoms with Crippen LogP contribution in [0.2, 0.25) is 0 Å². The standard InChI is InChI=1S/C11H19N3O3S/c1-11(2)10(17)13-8(15)6-14(11)9(16)7(12)4-5-18-3/h7H,4-6,12H2,1-3H3,(H,13,15,17)/t7-/m1/s1. The highest BCUT2D eigenvalue weighted by Gasteiger charge is 2.44. The molecule has 18 heavy (non-hydrogen) atoms. The minimum Gasteiger partial charge on any atom is -0.320 e. The molecule has 3 N–H and O–H groups in total. The molecule has 1 heterocycles. The molecule has 0 bridgehead atoms. The van der Waals surface area contributed by atoms with Gasteiger partial charge in [0.15, 0.2) is 0 Å². The van der Waals surface area contributed by atoms with Crippen molar-refractivity contribution in [3.8, 4) is 0 Å². The third kappa shape index (κ3) is 3.02. The maximum atomic E-state index is 12.2. The molecule has 1 fully saturated rings. The molecule has 6 nitrogen and oxygen atoms in total. The molecule has 102 valence electrons. The van der Waals surface area contributed by atoms with Gasteiger partial charge in [-0.05, 0) is 32.3 Å². The molecular weight excluding hydrogens is 254 g/mol. The Hall–Kier alpha value is -1.08. The summed E-state index contributed by atoms with van der Waals surface area (Å²) in [5.74, 6) is -0.521. The number of carbonyl (C=O) groups is 3. The molecule has 1 aliphatic rings. The zero-order chi connectivity index (χ0) is 13.9. The fraction of sp³-hybridized carbons (Fsp3) is 0.727. The van der Waals surface area contributed by atoms with E-state index in [1.54, 1.807) is 25.6 Å². The second kappa shape index (κ2) is 5.71. The van der Waals surface area contributed by atoms with Gasteiger partial charge in [-0.3, -0.25) is 19.7 Å². The average Bonchev–Trinajstić information content (AvgIpc) is 2.30. The van der Waals surface area contributed by atoms with Crippen molar-refractivity contribution < 1.29 is 14.4 Å². The van der Waals surface area contributed by atoms with Crippen LogP contribution in [0.25, 0.3) is 0 Å². The van der Waals surface area contributed by atoms with Crippen LogP contribution in [0.5, 0.6) is 0 Å². The van der Waals surface area contributed by atoms with E-state index in [9.17, 15) is 14.4 Å². The Labute approximate surface area is 111 Å². The lowest BCUT2D eigenvalue weighted by Gasteiger charge is -2.41. The number of nitrogens with two attached hydrogens (primary N) is 1. The molecule has 0 spiro atoms. The monoisotopic (exact) mass is 273 g/mol. The van der Waals surface area contributed by atoms with Gasteiger partial charge in [-0.25, -0.2) is 0 Å². The first-order valence-electron chi connectivity index (χ1n) is 5.71. The zero-order valence-corrected chi connectivity index (χ0v) is 11.7. The summed E-state index contributed by atoms with van der Waals surface area (Å²) < 4.78 is 0. The van der Waals surface area contributed by atoms with E-state index in [0.29, 0.717) is 6.42 Å². The molecule has 1 rings (SSSR count). The Morgan fingerprint density at radius 3 is 2.72 bits per heavy atom. The quantitative estimate of drug-likeness (QED) is 0.663. The van der Waals surface area contributed by atoms with Crippen LogP contribution in [0.3, 0.4) is 0 Å². The van der Waals surface area contributed by atoms with E-state index in [0.717, 1.165) is 5.75 Å². The largest absolute Gasteiger partial charge is 0.320 e. The van der Waals surface area contributed by atoms with Gasteiger partial charge in [-0.1, -0.05) is 0 Å². The third-order valence-corrected chi connectivity index (χ3v) is 3.65. The van der Waals surface area contributed by atoms with Crippen molar-refractivity contribution >= 4 is 29.5 Å². The number of amides is 3. The first kappa shape index (κ1) is 15.0. The minimum atomic E-state index is -1.04. The van der Waals surface area contributed by atoms with Crippen LogP contribution >= 0.6 is 11.8 Å². The SMILES string of the molecule is CSCC[C@@H](N)C(=O)N1CC(=O)NC(=O)C1(C)C. The summed E-state index contributed by atoms with van der Waals surface area (Å²) in [5, 5.41) is 2.22. The number of imide groups is 1. The molecule has 1 aliphatic heterocycles. The first-order chi connectivity index (χ1) is 8.30. The highest BCUT2D eigenvalue weighted by molar-refractivity contribution is 7.98. The smallest absolute Gasteiger partial charge is 0.252 e. The van der Waals surface area contributed by atoms with E-state index in [1.165, 1.54) is 4.90 Å². The van der Waals surface area contributed by atoms with Crippen molar-refractivity contribution in [2.45, 2.75) is 31.8 Å². The van der Waals surface area contributed by atoms with Crippen LogP contribution in [0, 0.1) is 0 Å². The minimum absolute atomic E-state index is 0.120. The van der Waals surface area contributed by atoms with E-state index in [-0.39, 0.29) is 12.5 Å². The molecule has 0 saturated carbocycles. The Morgan fingerprint density at radius 2 is 2.17 bits per heavy atom. The number of hydrogen-bond donors (Lipinski definition) is 2. The predicted molar refractivity (Wildman–Crippen MR) is 69.9 cm³/mol. The predicted octanol–water partition coefficient (Wildman–Crippen LogP) is -0.670. The van der Waals surface area contributed by atoms with Crippen LogP contribution in [0.15, 0.2) is 0 Å². The van der Waals surface area contributed by atoms with E-state index in [2.05, 4.69) is 5.32 Å². The van der Waals surface area contributed by atoms with Crippen molar-refractivity contribution in [1.29, 1.82) is 0 Å². The maximum absolute atomic E-state index is 12.2. The molecule has 7 heteroatoms. The normalized spacial score (nSPS) is 20.6. The molecule has 1 saturated heterocycles. The highest BCUT2D eigenvalue weighted by atomic mass is 32.2. The lowest BCUT2D eigenvalue weighted by molar-refractivity contribution is -0.156. The van der Waals surface area contributed by atoms with Crippen molar-refractivity contribution in [2.75, 3.05) is 18.6 Å². The fourth-order valence-electron chi connectivity index (χ4n) is 1.70. The summed E-state index contributed by atoms with van der Waals surface area (Å²) >= 11 is 1.60. The van der Waals surface area contributed by atoms with Gasteiger partial charge in [0.1, 0.15) is 12.1 Å². The summed E-state index contributed by atoms with van der Waals surface area (Å²) in [7, 11) is 0. The number of rotatable bonds is 4. The van der Waals surface area contributed by atoms with Crippen LogP contribution in [0.4, 0.5) is 0 Å². The molecule has 0 unspecified atom stereocenters. The second-order valence-corrected chi connectivity index (χ2v) is 5.73. The van der Waals surface area contributed by atoms with Crippen LogP contribution in [0.1, 0.15) is 20.3 Å². The second-order valence-electron chi connectivity index (χ2n) is 4.75. The van der Waals surface area contributed by atoms with E-state index in [4.69, 9.17) is 5.73 Å². The van der Waals surface area contributed by atoms with Crippen LogP contribution in [-0.2, 0) is 14.4 Å². The topological polar surface area (TPSA) is 92.5 Å². The number of nitrogens with one attached hydrogen (secondary N) is 1. The van der Waals surface area contributed by atoms with Gasteiger partial charge in [0.2, 0.25) is 11.8 Å². The number of hydrogen-bond acceptors (Lipinski definition) is 5. The number of carbonyl (C=O) groups excluding carboxylic acids is 3. The average molecular weight is 273 g/mol. The van der Waals surface area contributed by atoms with Gasteiger partial charge in [0.25, 0.3) is 5.91 Å². The Balaban J connectivity index is 2.81. The summed E-state index contributed by atoms with van der Waals surface area (Å²) in [5.41, 5.74) is 4.76. The molecule has 0 aromatic heterocycles. The lowest BCUT2D eigenvalue weighted by atomic mass is 9.97. The van der Waals surface area contributed by atoms with Gasteiger partial charge < -0.3 is 10.6 Å². The molecule has 0 aromatic rings. The number of nitrogens with zero attached hydrogens (tertiary/aromatic N) is 1. The van der Waals surface area contributed by atoms with Gasteiger partial charge in [-0.2, -0.15) is 11.8 Å². The summed E-state index contributed by atoms with van der Waals surface area (Å²) in [6, 6.07) is -0.671. The van der Waals surface area contributed by atoms with E-state index in [1.807, 2.05) is 6.26 Å². The van der Waals surface area contributed by atoms with E-state index < -0.39 is 23.4 Å². The van der Waals surface area contributed by atoms with Crippen LogP contribution in [-0.4, -0.2) is 52.8 Å². The summed E-state index contributed by atoms with van der Waals surface area (Å²) in [4.78, 5) is 36.5. The van der Waals surface area contributed by atoms with Gasteiger partial charge >= 0.3 is 0 Å². The first-order valence-corrected chi connectivity index (χ1v) is 7.10. The van der Waals surface area contributed by atoms with Crippen molar-refractivity contribution in [2.24, 2.45) is 5.73 Å². The van der Waals surface area contributed by atoms with Crippen molar-refractivity contribution in [3.63, 3.8) is 0 Å². The number of thioether (sulfide) groups is 1. The summed E-state index contributed by atoms with van der Waals surface area (Å²) in [6.07, 6.45) is 2.46. The Bertz CT molecular complexity index is 371. The molecule has 0 radical (unpaired) electrons. The Morgan fingerprint density at radius 1 is 1.56 bits per heavy atom. The number of piperazine rings is 1. The van der Waals surface area contributed by atoms with Crippen LogP contribution < -0.4 is 11.1 Å². The molecule has 1 atom stereocenters. The molecule has 0 aliphatic carbocycles. The molecule has 0 aromatic carbocycles. The summed E-state index contributed by atoms with van der Waals surface area (Å²) in [6.45, 7) is 3.09. The maximum Gasteiger partial charge on any atom is 0.252 e. The third-order valence-electron chi connectivity index (χ3n) is 3.00. The van der Waals surface area contributed by atoms with Crippen molar-refractivity contribution in [1.82, 2.24) is 10.2 Å². The fourth-order valence-corrected chi connectivity index (χ4v) is 2.19. The van der Waals surface area contributed by atoms with Gasteiger partial charge in [0.05, 0.1) is 6.04 Å². The van der Waals surface area contributed by atoms with E-state index >= 15 is 0 Å². The zero-order valence-electron chi connectivity index (χ0n) is 10.9. The Kier molecular flexibility index (Phi) is 4.75. The molecule has 3 amide bonds. The lowest BCUT2D eigenvalue weighted by Crippen LogP contribution is -2.67. The van der Waals surface area contributed by atoms with Gasteiger partial charge in [0, 0.05) is 0 Å². The molecular formula is C11H19N3O3S. The highest BCUT2D eigenvalue weighted by Crippen LogP contribution is 2.19.